The van der Waals surface area contributed by atoms with Crippen molar-refractivity contribution in [3.8, 4) is 0 Å². The van der Waals surface area contributed by atoms with Crippen molar-refractivity contribution in [3.63, 3.8) is 0 Å². The number of thioether (sulfide) groups is 2. The summed E-state index contributed by atoms with van der Waals surface area (Å²) in [4.78, 5) is 0. The first-order valence-electron chi connectivity index (χ1n) is 8.25. The predicted octanol–water partition coefficient (Wildman–Crippen LogP) is 4.20. The van der Waals surface area contributed by atoms with Gasteiger partial charge in [0.15, 0.2) is 6.29 Å². The zero-order valence-corrected chi connectivity index (χ0v) is 16.3. The maximum Gasteiger partial charge on any atom is 0.171 e. The molecule has 0 unspecified atom stereocenters. The molecule has 0 aliphatic rings. The van der Waals surface area contributed by atoms with Gasteiger partial charge in [-0.05, 0) is 11.1 Å². The number of benzene rings is 2. The van der Waals surface area contributed by atoms with Crippen molar-refractivity contribution in [1.29, 1.82) is 0 Å². The first-order valence-corrected chi connectivity index (χ1v) is 10.5. The number of ether oxygens (including phenoxy) is 2. The predicted molar refractivity (Wildman–Crippen MR) is 108 cm³/mol. The molecule has 0 bridgehead atoms. The van der Waals surface area contributed by atoms with E-state index in [0.717, 1.165) is 11.5 Å². The Morgan fingerprint density at radius 1 is 0.840 bits per heavy atom. The van der Waals surface area contributed by atoms with Gasteiger partial charge in [-0.2, -0.15) is 11.8 Å². The molecule has 0 aliphatic heterocycles. The van der Waals surface area contributed by atoms with E-state index in [-0.39, 0.29) is 5.25 Å². The van der Waals surface area contributed by atoms with E-state index in [1.54, 1.807) is 37.7 Å². The van der Waals surface area contributed by atoms with Crippen LogP contribution < -0.4 is 0 Å². The highest BCUT2D eigenvalue weighted by atomic mass is 32.2. The topological polar surface area (TPSA) is 38.7 Å². The van der Waals surface area contributed by atoms with Gasteiger partial charge < -0.3 is 14.6 Å². The van der Waals surface area contributed by atoms with E-state index in [4.69, 9.17) is 9.47 Å². The average molecular weight is 379 g/mol. The van der Waals surface area contributed by atoms with E-state index in [9.17, 15) is 5.11 Å². The highest BCUT2D eigenvalue weighted by Crippen LogP contribution is 2.27. The van der Waals surface area contributed by atoms with Gasteiger partial charge in [0.05, 0.1) is 11.4 Å². The van der Waals surface area contributed by atoms with Gasteiger partial charge in [0.25, 0.3) is 0 Å². The smallest absolute Gasteiger partial charge is 0.171 e. The number of hydrogen-bond acceptors (Lipinski definition) is 5. The maximum atomic E-state index is 10.7. The first kappa shape index (κ1) is 20.3. The lowest BCUT2D eigenvalue weighted by atomic mass is 10.2. The van der Waals surface area contributed by atoms with E-state index < -0.39 is 12.4 Å². The van der Waals surface area contributed by atoms with Crippen LogP contribution in [0.3, 0.4) is 0 Å². The minimum absolute atomic E-state index is 0.140. The monoisotopic (exact) mass is 378 g/mol. The molecule has 25 heavy (non-hydrogen) atoms. The lowest BCUT2D eigenvalue weighted by molar-refractivity contribution is -0.115. The van der Waals surface area contributed by atoms with Gasteiger partial charge in [-0.15, -0.1) is 11.8 Å². The standard InChI is InChI=1S/C20H26O3S2/c1-22-20(23-2)19(25-14-17-11-7-4-8-12-17)18(21)15-24-13-16-9-5-3-6-10-16/h3-12,18-21H,13-15H2,1-2H3/t18-,19+/m1/s1. The van der Waals surface area contributed by atoms with Crippen molar-refractivity contribution in [3.05, 3.63) is 71.8 Å². The summed E-state index contributed by atoms with van der Waals surface area (Å²) in [6, 6.07) is 20.6. The lowest BCUT2D eigenvalue weighted by Crippen LogP contribution is -2.39. The number of aliphatic hydroxyl groups is 1. The molecule has 0 aliphatic carbocycles. The Morgan fingerprint density at radius 3 is 1.88 bits per heavy atom. The second-order valence-electron chi connectivity index (χ2n) is 5.67. The number of aliphatic hydroxyl groups excluding tert-OH is 1. The molecule has 0 radical (unpaired) electrons. The molecule has 0 saturated heterocycles. The fourth-order valence-electron chi connectivity index (χ4n) is 2.47. The highest BCUT2D eigenvalue weighted by Gasteiger charge is 2.29. The van der Waals surface area contributed by atoms with E-state index in [0.29, 0.717) is 5.75 Å². The molecule has 2 rings (SSSR count). The summed E-state index contributed by atoms with van der Waals surface area (Å²) in [5.74, 6) is 2.35. The Labute approximate surface area is 159 Å². The molecule has 0 spiro atoms. The molecule has 3 nitrogen and oxygen atoms in total. The summed E-state index contributed by atoms with van der Waals surface area (Å²) in [5, 5.41) is 10.6. The normalized spacial score (nSPS) is 13.8. The molecular weight excluding hydrogens is 352 g/mol. The van der Waals surface area contributed by atoms with Crippen molar-refractivity contribution in [1.82, 2.24) is 0 Å². The third kappa shape index (κ3) is 7.04. The van der Waals surface area contributed by atoms with Gasteiger partial charge >= 0.3 is 0 Å². The van der Waals surface area contributed by atoms with Crippen LogP contribution in [0, 0.1) is 0 Å². The number of rotatable bonds is 11. The van der Waals surface area contributed by atoms with Crippen molar-refractivity contribution in [2.24, 2.45) is 0 Å². The van der Waals surface area contributed by atoms with Gasteiger partial charge in [0, 0.05) is 31.5 Å². The summed E-state index contributed by atoms with van der Waals surface area (Å²) in [7, 11) is 3.24. The molecule has 2 atom stereocenters. The second-order valence-corrected chi connectivity index (χ2v) is 7.87. The van der Waals surface area contributed by atoms with Crippen LogP contribution in [0.5, 0.6) is 0 Å². The fraction of sp³-hybridized carbons (Fsp3) is 0.400. The summed E-state index contributed by atoms with van der Waals surface area (Å²) in [6.07, 6.45) is -0.937. The molecule has 5 heteroatoms. The second kappa shape index (κ2) is 11.6. The third-order valence-corrected chi connectivity index (χ3v) is 6.33. The van der Waals surface area contributed by atoms with Gasteiger partial charge in [-0.25, -0.2) is 0 Å². The Morgan fingerprint density at radius 2 is 1.36 bits per heavy atom. The van der Waals surface area contributed by atoms with Crippen LogP contribution in [0.2, 0.25) is 0 Å². The Kier molecular flexibility index (Phi) is 9.43. The zero-order chi connectivity index (χ0) is 17.9. The summed E-state index contributed by atoms with van der Waals surface area (Å²) >= 11 is 3.40. The van der Waals surface area contributed by atoms with Crippen LogP contribution >= 0.6 is 23.5 Å². The van der Waals surface area contributed by atoms with Crippen LogP contribution in [-0.2, 0) is 21.0 Å². The lowest BCUT2D eigenvalue weighted by Gasteiger charge is -2.28. The largest absolute Gasteiger partial charge is 0.391 e. The minimum Gasteiger partial charge on any atom is -0.391 e. The highest BCUT2D eigenvalue weighted by molar-refractivity contribution is 7.99. The average Bonchev–Trinajstić information content (AvgIpc) is 2.66. The van der Waals surface area contributed by atoms with Crippen molar-refractivity contribution >= 4 is 23.5 Å². The van der Waals surface area contributed by atoms with E-state index in [1.807, 2.05) is 36.4 Å². The van der Waals surface area contributed by atoms with E-state index in [1.165, 1.54) is 11.1 Å². The van der Waals surface area contributed by atoms with Crippen molar-refractivity contribution in [2.75, 3.05) is 20.0 Å². The van der Waals surface area contributed by atoms with Crippen LogP contribution in [-0.4, -0.2) is 42.7 Å². The SMILES string of the molecule is COC(OC)[C@@H](SCc1ccccc1)[C@H](O)CSCc1ccccc1. The Hall–Kier alpha value is -0.980. The Balaban J connectivity index is 1.89. The number of methoxy groups -OCH3 is 2. The first-order chi connectivity index (χ1) is 12.2. The quantitative estimate of drug-likeness (QED) is 0.593. The molecule has 2 aromatic rings. The molecule has 0 saturated carbocycles. The molecule has 0 amide bonds. The molecule has 0 fully saturated rings. The van der Waals surface area contributed by atoms with Crippen LogP contribution in [0.25, 0.3) is 0 Å². The molecule has 0 heterocycles. The molecule has 2 aromatic carbocycles. The maximum absolute atomic E-state index is 10.7. The Bertz CT molecular complexity index is 576. The van der Waals surface area contributed by atoms with Gasteiger partial charge in [0.1, 0.15) is 0 Å². The molecule has 136 valence electrons. The summed E-state index contributed by atoms with van der Waals surface area (Å²) < 4.78 is 10.8. The van der Waals surface area contributed by atoms with E-state index in [2.05, 4.69) is 24.3 Å². The van der Waals surface area contributed by atoms with Crippen LogP contribution in [0.4, 0.5) is 0 Å². The van der Waals surface area contributed by atoms with Crippen molar-refractivity contribution in [2.45, 2.75) is 29.1 Å². The number of hydrogen-bond donors (Lipinski definition) is 1. The summed E-state index contributed by atoms with van der Waals surface area (Å²) in [5.41, 5.74) is 2.50. The fourth-order valence-corrected chi connectivity index (χ4v) is 4.86. The molecule has 1 N–H and O–H groups in total. The van der Waals surface area contributed by atoms with Gasteiger partial charge in [-0.3, -0.25) is 0 Å². The van der Waals surface area contributed by atoms with Gasteiger partial charge in [0.2, 0.25) is 0 Å². The molecule has 0 aromatic heterocycles. The van der Waals surface area contributed by atoms with Crippen LogP contribution in [0.1, 0.15) is 11.1 Å². The zero-order valence-electron chi connectivity index (χ0n) is 14.7. The third-order valence-electron chi connectivity index (χ3n) is 3.80. The van der Waals surface area contributed by atoms with Gasteiger partial charge in [-0.1, -0.05) is 60.7 Å². The summed E-state index contributed by atoms with van der Waals surface area (Å²) in [6.45, 7) is 0. The van der Waals surface area contributed by atoms with E-state index >= 15 is 0 Å². The van der Waals surface area contributed by atoms with Crippen LogP contribution in [0.15, 0.2) is 60.7 Å². The van der Waals surface area contributed by atoms with Crippen molar-refractivity contribution < 1.29 is 14.6 Å². The molecular formula is C20H26O3S2. The minimum atomic E-state index is -0.507.